The minimum Gasteiger partial charge on any atom is -0.741 e. The fourth-order valence-corrected chi connectivity index (χ4v) is 9.31. The van der Waals surface area contributed by atoms with E-state index < -0.39 is 7.26 Å². The van der Waals surface area contributed by atoms with E-state index in [2.05, 4.69) is 104 Å². The molecule has 1 radical (unpaired) electrons. The van der Waals surface area contributed by atoms with Crippen molar-refractivity contribution < 1.29 is 21.9 Å². The Balaban J connectivity index is 0.00000541. The van der Waals surface area contributed by atoms with Crippen molar-refractivity contribution in [3.63, 3.8) is 0 Å². The number of ketones is 1. The molecule has 0 heterocycles. The Bertz CT molecular complexity index is 1840. The van der Waals surface area contributed by atoms with Gasteiger partial charge in [-0.25, -0.2) is 0 Å². The second-order valence-corrected chi connectivity index (χ2v) is 14.9. The number of hydrogen-bond acceptors (Lipinski definition) is 7. The van der Waals surface area contributed by atoms with Gasteiger partial charge < -0.3 is 35.9 Å². The zero-order valence-corrected chi connectivity index (χ0v) is 30.3. The van der Waals surface area contributed by atoms with Gasteiger partial charge in [0.1, 0.15) is 40.9 Å². The average molecular weight is 749 g/mol. The van der Waals surface area contributed by atoms with Crippen LogP contribution in [0.25, 0.3) is 0 Å². The zero-order valence-electron chi connectivity index (χ0n) is 26.8. The van der Waals surface area contributed by atoms with Crippen molar-refractivity contribution in [3.8, 4) is 0 Å². The molecule has 0 fully saturated rings. The minimum atomic E-state index is -2.21. The Morgan fingerprint density at radius 2 is 0.918 bits per heavy atom. The van der Waals surface area contributed by atoms with Crippen LogP contribution in [0.3, 0.4) is 0 Å². The maximum absolute atomic E-state index is 12.0. The first-order chi connectivity index (χ1) is 23.4. The molecule has 0 saturated heterocycles. The van der Waals surface area contributed by atoms with Crippen LogP contribution < -0.4 is 26.5 Å². The molecule has 0 aliphatic heterocycles. The molecule has 249 valence electrons. The molecule has 0 unspecified atom stereocenters. The first kappa shape index (κ1) is 37.3. The van der Waals surface area contributed by atoms with E-state index in [1.165, 1.54) is 22.8 Å². The molecule has 49 heavy (non-hydrogen) atoms. The molecule has 0 spiro atoms. The molecule has 11 heteroatoms. The van der Waals surface area contributed by atoms with E-state index in [0.717, 1.165) is 5.56 Å². The van der Waals surface area contributed by atoms with Gasteiger partial charge in [-0.1, -0.05) is 109 Å². The molecule has 0 atom stereocenters. The van der Waals surface area contributed by atoms with E-state index in [1.54, 1.807) is 31.3 Å². The fraction of sp³-hybridized carbons (Fsp3) is 0.0789. The number of carbonyl (C=O) groups is 1. The molecule has 2 N–H and O–H groups in total. The summed E-state index contributed by atoms with van der Waals surface area (Å²) in [5.41, 5.74) is 2.87. The Morgan fingerprint density at radius 1 is 0.551 bits per heavy atom. The monoisotopic (exact) mass is 748 g/mol. The van der Waals surface area contributed by atoms with Gasteiger partial charge in [-0.2, -0.15) is 10.2 Å². The van der Waals surface area contributed by atoms with Crippen LogP contribution in [0.15, 0.2) is 166 Å². The summed E-state index contributed by atoms with van der Waals surface area (Å²) in [7, 11) is -0.534. The van der Waals surface area contributed by atoms with Crippen molar-refractivity contribution in [1.82, 2.24) is 10.6 Å². The largest absolute Gasteiger partial charge is 2.00 e. The van der Waals surface area contributed by atoms with Crippen LogP contribution in [-0.2, 0) is 42.3 Å². The molecule has 0 bridgehead atoms. The van der Waals surface area contributed by atoms with Gasteiger partial charge in [-0.15, -0.1) is 10.2 Å². The molecule has 5 aromatic carbocycles. The maximum atomic E-state index is 12.0. The Hall–Kier alpha value is -4.56. The number of nitrogens with one attached hydrogen (secondary N) is 2. The van der Waals surface area contributed by atoms with E-state index in [0.29, 0.717) is 28.8 Å². The standard InChI is InChI=1S/C38H35N6OPS2.Cu/c1-28(45)29-23-25-31(26-24-29)36(41-43-37(47)39-2)35(30-15-7-3-8-16-30)42-44-38(48)40-27-46(32-17-9-4-10-18-32,33-19-11-5-12-20-33)34-21-13-6-14-22-34;/h3-26H,27H2,1-2H3,(H3-,39,40,41,42,43,44,45,47,48);/q;+2/p-1. The first-order valence-electron chi connectivity index (χ1n) is 15.2. The summed E-state index contributed by atoms with van der Waals surface area (Å²) >= 11 is 11.1. The second kappa shape index (κ2) is 18.3. The summed E-state index contributed by atoms with van der Waals surface area (Å²) in [4.78, 5) is 12.0. The zero-order chi connectivity index (χ0) is 33.8. The normalized spacial score (nSPS) is 12.5. The second-order valence-electron chi connectivity index (χ2n) is 10.6. The van der Waals surface area contributed by atoms with Gasteiger partial charge in [0, 0.05) is 28.9 Å². The Labute approximate surface area is 309 Å². The number of nitrogens with zero attached hydrogens (tertiary/aromatic N) is 4. The summed E-state index contributed by atoms with van der Waals surface area (Å²) in [5, 5.41) is 28.3. The molecule has 0 aliphatic carbocycles. The van der Waals surface area contributed by atoms with E-state index in [1.807, 2.05) is 48.5 Å². The van der Waals surface area contributed by atoms with Crippen molar-refractivity contribution in [2.24, 2.45) is 20.4 Å². The fourth-order valence-electron chi connectivity index (χ4n) is 5.17. The summed E-state index contributed by atoms with van der Waals surface area (Å²) in [6, 6.07) is 48.3. The quantitative estimate of drug-likeness (QED) is 0.0352. The summed E-state index contributed by atoms with van der Waals surface area (Å²) < 4.78 is 0. The number of Topliss-reactive ketones (excluding diaryl/α,β-unsaturated/α-hetero) is 1. The summed E-state index contributed by atoms with van der Waals surface area (Å²) in [6.07, 6.45) is 0.531. The number of hydrogen-bond donors (Lipinski definition) is 2. The molecule has 0 aromatic heterocycles. The van der Waals surface area contributed by atoms with Crippen LogP contribution in [0.5, 0.6) is 0 Å². The molecular formula is C38H34CuN6OPS2+. The number of carbonyl (C=O) groups excluding carboxylic acids is 1. The number of amidine groups is 2. The number of rotatable bonds is 11. The Morgan fingerprint density at radius 3 is 1.33 bits per heavy atom. The van der Waals surface area contributed by atoms with Crippen LogP contribution in [0.4, 0.5) is 0 Å². The predicted octanol–water partition coefficient (Wildman–Crippen LogP) is 5.56. The van der Waals surface area contributed by atoms with E-state index in [-0.39, 0.29) is 33.2 Å². The first-order valence-corrected chi connectivity index (χ1v) is 18.0. The van der Waals surface area contributed by atoms with Crippen LogP contribution in [0.2, 0.25) is 0 Å². The maximum Gasteiger partial charge on any atom is 2.00 e. The average Bonchev–Trinajstić information content (AvgIpc) is 3.14. The molecule has 5 rings (SSSR count). The van der Waals surface area contributed by atoms with Gasteiger partial charge in [0.2, 0.25) is 0 Å². The van der Waals surface area contributed by atoms with Crippen molar-refractivity contribution in [3.05, 3.63) is 162 Å². The van der Waals surface area contributed by atoms with E-state index in [9.17, 15) is 4.79 Å². The van der Waals surface area contributed by atoms with Crippen molar-refractivity contribution in [2.45, 2.75) is 6.92 Å². The SMILES string of the molecule is CN/C([S-])=N/N=C(/C(=N/N=C(\[S-])NC[P+](c1ccccc1)(c1ccccc1)c1ccccc1)c1ccccc1)c1ccc(C(C)=O)cc1.[Cu+2]. The van der Waals surface area contributed by atoms with Crippen molar-refractivity contribution in [1.29, 1.82) is 0 Å². The van der Waals surface area contributed by atoms with E-state index >= 15 is 0 Å². The van der Waals surface area contributed by atoms with Crippen molar-refractivity contribution >= 4 is 76.0 Å². The molecule has 0 saturated carbocycles. The van der Waals surface area contributed by atoms with Crippen LogP contribution >= 0.6 is 7.26 Å². The van der Waals surface area contributed by atoms with Crippen LogP contribution in [-0.4, -0.2) is 40.9 Å². The third-order valence-electron chi connectivity index (χ3n) is 7.59. The topological polar surface area (TPSA) is 90.6 Å². The molecule has 7 nitrogen and oxygen atoms in total. The Kier molecular flexibility index (Phi) is 13.9. The van der Waals surface area contributed by atoms with Gasteiger partial charge in [0.15, 0.2) is 5.78 Å². The summed E-state index contributed by atoms with van der Waals surface area (Å²) in [5.74, 6) is -0.0371. The predicted molar refractivity (Wildman–Crippen MR) is 208 cm³/mol. The molecule has 5 aromatic rings. The third kappa shape index (κ3) is 9.33. The van der Waals surface area contributed by atoms with Gasteiger partial charge in [-0.3, -0.25) is 4.79 Å². The van der Waals surface area contributed by atoms with Gasteiger partial charge in [0.25, 0.3) is 0 Å². The van der Waals surface area contributed by atoms with Gasteiger partial charge >= 0.3 is 17.1 Å². The van der Waals surface area contributed by atoms with Crippen LogP contribution in [0.1, 0.15) is 28.4 Å². The van der Waals surface area contributed by atoms with Crippen molar-refractivity contribution in [2.75, 3.05) is 13.3 Å². The molecule has 0 aliphatic rings. The van der Waals surface area contributed by atoms with Gasteiger partial charge in [-0.05, 0) is 48.5 Å². The number of benzene rings is 5. The molecular weight excluding hydrogens is 715 g/mol. The smallest absolute Gasteiger partial charge is 0.741 e. The van der Waals surface area contributed by atoms with E-state index in [4.69, 9.17) is 25.3 Å². The molecule has 0 amide bonds. The van der Waals surface area contributed by atoms with Gasteiger partial charge in [0.05, 0.1) is 0 Å². The minimum absolute atomic E-state index is 0. The summed E-state index contributed by atoms with van der Waals surface area (Å²) in [6.45, 7) is 1.53. The van der Waals surface area contributed by atoms with Crippen LogP contribution in [0, 0.1) is 0 Å². The third-order valence-corrected chi connectivity index (χ3v) is 12.3.